The molecule has 2 fully saturated rings. The molecule has 0 spiro atoms. The minimum atomic E-state index is -1.16. The van der Waals surface area contributed by atoms with Crippen LogP contribution in [0, 0.1) is 0 Å². The Labute approximate surface area is 173 Å². The number of aromatic hydroxyl groups is 1. The molecule has 8 heteroatoms. The number of hydrogen-bond donors (Lipinski definition) is 2. The maximum atomic E-state index is 15.2. The third kappa shape index (κ3) is 3.25. The number of alkyl halides is 1. The van der Waals surface area contributed by atoms with E-state index in [9.17, 15) is 5.11 Å². The predicted octanol–water partition coefficient (Wildman–Crippen LogP) is 3.57. The molecule has 0 saturated carbocycles. The van der Waals surface area contributed by atoms with Gasteiger partial charge in [0.05, 0.1) is 11.7 Å². The first-order chi connectivity index (χ1) is 14.4. The number of ether oxygens (including phenoxy) is 1. The monoisotopic (exact) mass is 409 g/mol. The second-order valence-electron chi connectivity index (χ2n) is 8.94. The molecule has 3 aromatic rings. The van der Waals surface area contributed by atoms with E-state index in [1.807, 2.05) is 19.1 Å². The first-order valence-corrected chi connectivity index (χ1v) is 10.2. The van der Waals surface area contributed by atoms with Crippen LogP contribution in [0.3, 0.4) is 0 Å². The molecule has 2 N–H and O–H groups in total. The summed E-state index contributed by atoms with van der Waals surface area (Å²) in [5, 5.41) is 23.8. The highest BCUT2D eigenvalue weighted by Crippen LogP contribution is 2.42. The second-order valence-corrected chi connectivity index (χ2v) is 8.94. The van der Waals surface area contributed by atoms with Gasteiger partial charge in [-0.25, -0.2) is 9.37 Å². The molecule has 4 heterocycles. The molecule has 2 aromatic heterocycles. The number of aromatic nitrogens is 4. The summed E-state index contributed by atoms with van der Waals surface area (Å²) < 4.78 is 21.1. The summed E-state index contributed by atoms with van der Waals surface area (Å²) in [5.74, 6) is 0.0659. The number of piperidine rings is 2. The highest BCUT2D eigenvalue weighted by molar-refractivity contribution is 5.89. The van der Waals surface area contributed by atoms with E-state index in [1.54, 1.807) is 18.5 Å². The van der Waals surface area contributed by atoms with Gasteiger partial charge in [0.15, 0.2) is 6.17 Å². The summed E-state index contributed by atoms with van der Waals surface area (Å²) in [6.07, 6.45) is 6.39. The third-order valence-electron chi connectivity index (χ3n) is 6.43. The maximum absolute atomic E-state index is 15.2. The molecule has 2 saturated heterocycles. The van der Waals surface area contributed by atoms with Crippen LogP contribution in [0.15, 0.2) is 36.8 Å². The lowest BCUT2D eigenvalue weighted by Crippen LogP contribution is -2.71. The van der Waals surface area contributed by atoms with Crippen molar-refractivity contribution in [2.24, 2.45) is 0 Å². The maximum Gasteiger partial charge on any atom is 0.336 e. The number of halogens is 1. The molecule has 156 valence electrons. The minimum absolute atomic E-state index is 0.0445. The van der Waals surface area contributed by atoms with Crippen LogP contribution in [-0.2, 0) is 0 Å². The second kappa shape index (κ2) is 6.84. The number of rotatable bonds is 3. The quantitative estimate of drug-likeness (QED) is 0.683. The highest BCUT2D eigenvalue weighted by Gasteiger charge is 2.53. The van der Waals surface area contributed by atoms with E-state index in [1.165, 1.54) is 6.20 Å². The van der Waals surface area contributed by atoms with Crippen LogP contribution in [0.4, 0.5) is 4.39 Å². The number of pyridine rings is 1. The molecule has 0 amide bonds. The van der Waals surface area contributed by atoms with E-state index in [2.05, 4.69) is 32.4 Å². The number of nitrogens with one attached hydrogen (secondary N) is 1. The van der Waals surface area contributed by atoms with Gasteiger partial charge >= 0.3 is 6.01 Å². The normalized spacial score (nSPS) is 30.9. The molecule has 30 heavy (non-hydrogen) atoms. The van der Waals surface area contributed by atoms with Gasteiger partial charge in [-0.2, -0.15) is 0 Å². The Hall–Kier alpha value is -2.87. The number of benzene rings is 1. The number of nitrogens with zero attached hydrogens (tertiary/aromatic N) is 4. The Balaban J connectivity index is 1.39. The van der Waals surface area contributed by atoms with Crippen molar-refractivity contribution in [1.29, 1.82) is 0 Å². The van der Waals surface area contributed by atoms with Gasteiger partial charge in [-0.1, -0.05) is 5.10 Å². The summed E-state index contributed by atoms with van der Waals surface area (Å²) in [6.45, 7) is 4.04. The number of phenolic OH excluding ortho intramolecular Hbond substituents is 1. The van der Waals surface area contributed by atoms with Crippen LogP contribution in [0.5, 0.6) is 11.8 Å². The van der Waals surface area contributed by atoms with E-state index in [0.717, 1.165) is 30.0 Å². The molecular formula is C22H24FN5O2. The van der Waals surface area contributed by atoms with Crippen molar-refractivity contribution in [3.05, 3.63) is 36.8 Å². The topological polar surface area (TPSA) is 93.0 Å². The van der Waals surface area contributed by atoms with Gasteiger partial charge in [-0.15, -0.1) is 5.10 Å². The van der Waals surface area contributed by atoms with Gasteiger partial charge in [0.2, 0.25) is 0 Å². The van der Waals surface area contributed by atoms with E-state index >= 15 is 4.39 Å². The van der Waals surface area contributed by atoms with Crippen LogP contribution in [0.1, 0.15) is 39.5 Å². The molecule has 0 unspecified atom stereocenters. The van der Waals surface area contributed by atoms with Crippen LogP contribution in [0.25, 0.3) is 22.0 Å². The van der Waals surface area contributed by atoms with Crippen molar-refractivity contribution in [3.63, 3.8) is 0 Å². The third-order valence-corrected chi connectivity index (χ3v) is 6.43. The van der Waals surface area contributed by atoms with Crippen molar-refractivity contribution in [3.8, 4) is 23.0 Å². The van der Waals surface area contributed by atoms with Gasteiger partial charge in [0, 0.05) is 35.3 Å². The Morgan fingerprint density at radius 1 is 1.17 bits per heavy atom. The van der Waals surface area contributed by atoms with Gasteiger partial charge < -0.3 is 15.2 Å². The van der Waals surface area contributed by atoms with Crippen molar-refractivity contribution < 1.29 is 14.2 Å². The van der Waals surface area contributed by atoms with Crippen LogP contribution >= 0.6 is 0 Å². The zero-order chi connectivity index (χ0) is 20.9. The smallest absolute Gasteiger partial charge is 0.336 e. The summed E-state index contributed by atoms with van der Waals surface area (Å²) in [7, 11) is 0. The van der Waals surface area contributed by atoms with Crippen molar-refractivity contribution >= 4 is 10.8 Å². The Bertz CT molecular complexity index is 1090. The first kappa shape index (κ1) is 19.1. The average Bonchev–Trinajstić information content (AvgIpc) is 2.72. The molecule has 1 aromatic carbocycles. The average molecular weight is 409 g/mol. The van der Waals surface area contributed by atoms with E-state index < -0.39 is 17.8 Å². The van der Waals surface area contributed by atoms with Crippen molar-refractivity contribution in [1.82, 2.24) is 25.5 Å². The molecule has 0 radical (unpaired) electrons. The fourth-order valence-corrected chi connectivity index (χ4v) is 4.99. The number of fused-ring (bicyclic) bond motifs is 3. The van der Waals surface area contributed by atoms with Crippen molar-refractivity contribution in [2.75, 3.05) is 0 Å². The van der Waals surface area contributed by atoms with E-state index in [-0.39, 0.29) is 17.3 Å². The fourth-order valence-electron chi connectivity index (χ4n) is 4.99. The van der Waals surface area contributed by atoms with Crippen molar-refractivity contribution in [2.45, 2.75) is 62.9 Å². The summed E-state index contributed by atoms with van der Waals surface area (Å²) in [5.41, 5.74) is 0.172. The molecule has 2 aliphatic heterocycles. The lowest BCUT2D eigenvalue weighted by atomic mass is 9.69. The molecule has 2 bridgehead atoms. The zero-order valence-electron chi connectivity index (χ0n) is 17.0. The predicted molar refractivity (Wildman–Crippen MR) is 110 cm³/mol. The van der Waals surface area contributed by atoms with Gasteiger partial charge in [0.1, 0.15) is 17.5 Å². The first-order valence-electron chi connectivity index (χ1n) is 10.2. The Morgan fingerprint density at radius 3 is 2.83 bits per heavy atom. The minimum Gasteiger partial charge on any atom is -0.507 e. The fraction of sp³-hybridized carbons (Fsp3) is 0.455. The SMILES string of the molecule is C[C@]12CCC[C@](C)(N1)[C@@H](F)[C@H](Oc1ncc(-c3cc4ccncc4cc3O)nn1)C2. The van der Waals surface area contributed by atoms with Crippen LogP contribution < -0.4 is 10.1 Å². The Morgan fingerprint density at radius 2 is 2.03 bits per heavy atom. The molecule has 5 rings (SSSR count). The van der Waals surface area contributed by atoms with Crippen LogP contribution in [-0.4, -0.2) is 48.6 Å². The Kier molecular flexibility index (Phi) is 4.36. The lowest BCUT2D eigenvalue weighted by Gasteiger charge is -2.54. The molecular weight excluding hydrogens is 385 g/mol. The van der Waals surface area contributed by atoms with Gasteiger partial charge in [-0.3, -0.25) is 4.98 Å². The molecule has 4 atom stereocenters. The van der Waals surface area contributed by atoms with Gasteiger partial charge in [0.25, 0.3) is 0 Å². The van der Waals surface area contributed by atoms with Crippen LogP contribution in [0.2, 0.25) is 0 Å². The summed E-state index contributed by atoms with van der Waals surface area (Å²) >= 11 is 0. The summed E-state index contributed by atoms with van der Waals surface area (Å²) in [4.78, 5) is 8.29. The standard InChI is InChI=1S/C22H24FN5O2/c1-21-5-3-6-22(2,28-21)19(23)18(10-21)30-20-25-12-16(26-27-20)15-8-13-4-7-24-11-14(13)9-17(15)29/h4,7-9,11-12,18-19,28-29H,3,5-6,10H2,1-2H3/t18-,19+,21-,22+/m1/s1. The largest absolute Gasteiger partial charge is 0.507 e. The van der Waals surface area contributed by atoms with E-state index in [0.29, 0.717) is 17.7 Å². The van der Waals surface area contributed by atoms with E-state index in [4.69, 9.17) is 4.74 Å². The number of hydrogen-bond acceptors (Lipinski definition) is 7. The summed E-state index contributed by atoms with van der Waals surface area (Å²) in [6, 6.07) is 5.34. The highest BCUT2D eigenvalue weighted by atomic mass is 19.1. The molecule has 7 nitrogen and oxygen atoms in total. The lowest BCUT2D eigenvalue weighted by molar-refractivity contribution is -0.0641. The molecule has 2 aliphatic rings. The molecule has 0 aliphatic carbocycles. The zero-order valence-corrected chi connectivity index (χ0v) is 17.0. The van der Waals surface area contributed by atoms with Gasteiger partial charge in [-0.05, 0) is 56.7 Å². The number of phenols is 1.